The number of nitrogens with two attached hydrogens (primary N) is 1. The maximum atomic E-state index is 12.3. The Hall–Kier alpha value is -3.24. The molecule has 0 aromatic carbocycles. The number of carbonyl (C=O) groups is 1. The van der Waals surface area contributed by atoms with Crippen LogP contribution >= 0.6 is 11.3 Å². The molecule has 10 heteroatoms. The highest BCUT2D eigenvalue weighted by atomic mass is 32.1. The van der Waals surface area contributed by atoms with Crippen LogP contribution in [-0.2, 0) is 13.5 Å². The van der Waals surface area contributed by atoms with Crippen molar-refractivity contribution in [3.05, 3.63) is 47.0 Å². The van der Waals surface area contributed by atoms with Crippen molar-refractivity contribution in [2.24, 2.45) is 12.8 Å². The van der Waals surface area contributed by atoms with Crippen LogP contribution in [0.2, 0.25) is 0 Å². The Morgan fingerprint density at radius 3 is 2.83 bits per heavy atom. The number of aryl methyl sites for hydroxylation is 2. The normalized spacial score (nSPS) is 11.2. The van der Waals surface area contributed by atoms with E-state index < -0.39 is 0 Å². The van der Waals surface area contributed by atoms with Crippen molar-refractivity contribution in [2.75, 3.05) is 18.4 Å². The molecule has 4 aromatic heterocycles. The van der Waals surface area contributed by atoms with Crippen molar-refractivity contribution in [1.82, 2.24) is 29.5 Å². The van der Waals surface area contributed by atoms with E-state index in [1.54, 1.807) is 10.9 Å². The molecular formula is C20H24N8OS. The highest BCUT2D eigenvalue weighted by Crippen LogP contribution is 2.31. The van der Waals surface area contributed by atoms with Gasteiger partial charge < -0.3 is 16.4 Å². The predicted molar refractivity (Wildman–Crippen MR) is 118 cm³/mol. The molecule has 0 saturated heterocycles. The molecule has 0 aliphatic rings. The molecule has 0 unspecified atom stereocenters. The smallest absolute Gasteiger partial charge is 0.261 e. The van der Waals surface area contributed by atoms with Crippen molar-refractivity contribution >= 4 is 33.7 Å². The lowest BCUT2D eigenvalue weighted by Gasteiger charge is -2.09. The van der Waals surface area contributed by atoms with Gasteiger partial charge in [-0.2, -0.15) is 5.10 Å². The molecule has 0 aliphatic heterocycles. The quantitative estimate of drug-likeness (QED) is 0.420. The summed E-state index contributed by atoms with van der Waals surface area (Å²) in [5.74, 6) is 0.558. The predicted octanol–water partition coefficient (Wildman–Crippen LogP) is 2.49. The zero-order valence-electron chi connectivity index (χ0n) is 17.1. The number of fused-ring (bicyclic) bond motifs is 1. The van der Waals surface area contributed by atoms with Crippen LogP contribution in [0.4, 0.5) is 10.8 Å². The fraction of sp³-hybridized carbons (Fsp3) is 0.300. The summed E-state index contributed by atoms with van der Waals surface area (Å²) in [6.45, 7) is 4.92. The number of hydrogen-bond acceptors (Lipinski definition) is 7. The van der Waals surface area contributed by atoms with Gasteiger partial charge in [0.2, 0.25) is 0 Å². The Morgan fingerprint density at radius 1 is 1.30 bits per heavy atom. The van der Waals surface area contributed by atoms with Gasteiger partial charge in [-0.15, -0.1) is 11.3 Å². The van der Waals surface area contributed by atoms with Gasteiger partial charge in [0.25, 0.3) is 5.91 Å². The van der Waals surface area contributed by atoms with Gasteiger partial charge in [-0.25, -0.2) is 9.97 Å². The molecular weight excluding hydrogens is 400 g/mol. The SMILES string of the molecule is CCNC(=O)c1sc(Nc2nc(CCN)cn3c(-c4cnn(C)c4)cnc23)cc1C. The third-order valence-corrected chi connectivity index (χ3v) is 5.80. The molecule has 4 rings (SSSR count). The van der Waals surface area contributed by atoms with E-state index in [1.165, 1.54) is 11.3 Å². The largest absolute Gasteiger partial charge is 0.352 e. The first-order valence-corrected chi connectivity index (χ1v) is 10.5. The van der Waals surface area contributed by atoms with E-state index in [0.29, 0.717) is 35.9 Å². The number of carbonyl (C=O) groups excluding carboxylic acids is 1. The molecule has 4 heterocycles. The standard InChI is InChI=1S/C20H24N8OS/c1-4-22-20(29)17-12(2)7-16(30-17)26-18-19-23-9-15(13-8-24-27(3)10-13)28(19)11-14(25-18)5-6-21/h7-11H,4-6,21H2,1-3H3,(H,22,29)(H,25,26). The minimum atomic E-state index is -0.0669. The lowest BCUT2D eigenvalue weighted by Crippen LogP contribution is -2.22. The van der Waals surface area contributed by atoms with Gasteiger partial charge in [-0.3, -0.25) is 13.9 Å². The van der Waals surface area contributed by atoms with Gasteiger partial charge >= 0.3 is 0 Å². The van der Waals surface area contributed by atoms with Crippen LogP contribution in [0, 0.1) is 6.92 Å². The van der Waals surface area contributed by atoms with Crippen molar-refractivity contribution in [2.45, 2.75) is 20.3 Å². The van der Waals surface area contributed by atoms with Crippen molar-refractivity contribution < 1.29 is 4.79 Å². The number of aromatic nitrogens is 5. The van der Waals surface area contributed by atoms with Crippen molar-refractivity contribution in [3.8, 4) is 11.3 Å². The highest BCUT2D eigenvalue weighted by molar-refractivity contribution is 7.18. The molecule has 156 valence electrons. The zero-order valence-corrected chi connectivity index (χ0v) is 18.0. The third kappa shape index (κ3) is 3.79. The van der Waals surface area contributed by atoms with Crippen LogP contribution in [0.3, 0.4) is 0 Å². The third-order valence-electron chi connectivity index (χ3n) is 4.65. The fourth-order valence-electron chi connectivity index (χ4n) is 3.28. The summed E-state index contributed by atoms with van der Waals surface area (Å²) >= 11 is 1.40. The van der Waals surface area contributed by atoms with E-state index in [4.69, 9.17) is 10.7 Å². The second-order valence-corrected chi connectivity index (χ2v) is 8.02. The summed E-state index contributed by atoms with van der Waals surface area (Å²) in [4.78, 5) is 22.3. The van der Waals surface area contributed by atoms with Crippen molar-refractivity contribution in [1.29, 1.82) is 0 Å². The van der Waals surface area contributed by atoms with Crippen LogP contribution in [0.1, 0.15) is 27.9 Å². The molecule has 0 radical (unpaired) electrons. The van der Waals surface area contributed by atoms with Crippen LogP contribution in [0.25, 0.3) is 16.9 Å². The minimum absolute atomic E-state index is 0.0669. The number of nitrogens with one attached hydrogen (secondary N) is 2. The molecule has 4 aromatic rings. The topological polar surface area (TPSA) is 115 Å². The number of hydrogen-bond donors (Lipinski definition) is 3. The zero-order chi connectivity index (χ0) is 21.3. The molecule has 9 nitrogen and oxygen atoms in total. The van der Waals surface area contributed by atoms with Gasteiger partial charge in [0.05, 0.1) is 33.7 Å². The summed E-state index contributed by atoms with van der Waals surface area (Å²) in [5, 5.41) is 11.3. The van der Waals surface area contributed by atoms with Gasteiger partial charge in [0, 0.05) is 38.0 Å². The Bertz CT molecular complexity index is 1210. The molecule has 0 spiro atoms. The van der Waals surface area contributed by atoms with Crippen molar-refractivity contribution in [3.63, 3.8) is 0 Å². The summed E-state index contributed by atoms with van der Waals surface area (Å²) in [6.07, 6.45) is 8.16. The van der Waals surface area contributed by atoms with E-state index in [2.05, 4.69) is 20.7 Å². The summed E-state index contributed by atoms with van der Waals surface area (Å²) < 4.78 is 3.76. The molecule has 0 bridgehead atoms. The number of nitrogens with zero attached hydrogens (tertiary/aromatic N) is 5. The second kappa shape index (κ2) is 8.25. The van der Waals surface area contributed by atoms with Crippen LogP contribution in [-0.4, -0.2) is 43.1 Å². The first-order valence-electron chi connectivity index (χ1n) is 9.71. The van der Waals surface area contributed by atoms with Crippen LogP contribution in [0.5, 0.6) is 0 Å². The monoisotopic (exact) mass is 424 g/mol. The summed E-state index contributed by atoms with van der Waals surface area (Å²) in [7, 11) is 1.88. The van der Waals surface area contributed by atoms with Gasteiger partial charge in [0.1, 0.15) is 0 Å². The maximum Gasteiger partial charge on any atom is 0.261 e. The number of anilines is 2. The highest BCUT2D eigenvalue weighted by Gasteiger charge is 2.17. The van der Waals surface area contributed by atoms with E-state index in [1.807, 2.05) is 50.0 Å². The average molecular weight is 425 g/mol. The number of rotatable bonds is 7. The number of thiophene rings is 1. The van der Waals surface area contributed by atoms with E-state index >= 15 is 0 Å². The first-order chi connectivity index (χ1) is 14.5. The summed E-state index contributed by atoms with van der Waals surface area (Å²) in [5.41, 5.74) is 10.1. The number of imidazole rings is 1. The van der Waals surface area contributed by atoms with Gasteiger partial charge in [-0.1, -0.05) is 0 Å². The Balaban J connectivity index is 1.76. The average Bonchev–Trinajstić information content (AvgIpc) is 3.40. The minimum Gasteiger partial charge on any atom is -0.352 e. The molecule has 30 heavy (non-hydrogen) atoms. The molecule has 0 aliphatic carbocycles. The second-order valence-electron chi connectivity index (χ2n) is 6.97. The van der Waals surface area contributed by atoms with Crippen LogP contribution in [0.15, 0.2) is 30.9 Å². The molecule has 0 saturated carbocycles. The molecule has 1 amide bonds. The Kier molecular flexibility index (Phi) is 5.51. The fourth-order valence-corrected chi connectivity index (χ4v) is 4.27. The molecule has 0 atom stereocenters. The summed E-state index contributed by atoms with van der Waals surface area (Å²) in [6, 6.07) is 1.95. The first kappa shape index (κ1) is 20.0. The molecule has 4 N–H and O–H groups in total. The lowest BCUT2D eigenvalue weighted by molar-refractivity contribution is 0.0959. The van der Waals surface area contributed by atoms with Gasteiger partial charge in [0.15, 0.2) is 11.5 Å². The Morgan fingerprint density at radius 2 is 2.13 bits per heavy atom. The van der Waals surface area contributed by atoms with E-state index in [9.17, 15) is 4.79 Å². The van der Waals surface area contributed by atoms with E-state index in [-0.39, 0.29) is 5.91 Å². The maximum absolute atomic E-state index is 12.3. The number of amides is 1. The van der Waals surface area contributed by atoms with Gasteiger partial charge in [-0.05, 0) is 32.0 Å². The lowest BCUT2D eigenvalue weighted by atomic mass is 10.2. The van der Waals surface area contributed by atoms with E-state index in [0.717, 1.165) is 27.5 Å². The molecule has 0 fully saturated rings. The Labute approximate surface area is 178 Å². The van der Waals surface area contributed by atoms with Crippen LogP contribution < -0.4 is 16.4 Å².